The lowest BCUT2D eigenvalue weighted by atomic mass is 10.2. The Balaban J connectivity index is 2.82. The molecular formula is C9H6ClF2INO4S-. The van der Waals surface area contributed by atoms with Gasteiger partial charge in [-0.15, -0.1) is 0 Å². The average Bonchev–Trinajstić information content (AvgIpc) is 2.24. The Bertz CT molecular complexity index is 608. The zero-order chi connectivity index (χ0) is 14.8. The largest absolute Gasteiger partial charge is 0.743 e. The van der Waals surface area contributed by atoms with Crippen molar-refractivity contribution in [1.82, 2.24) is 5.32 Å². The van der Waals surface area contributed by atoms with Crippen LogP contribution in [-0.4, -0.2) is 30.7 Å². The van der Waals surface area contributed by atoms with Crippen LogP contribution in [0.15, 0.2) is 18.2 Å². The first-order valence-corrected chi connectivity index (χ1v) is 7.47. The van der Waals surface area contributed by atoms with Gasteiger partial charge in [-0.1, -0.05) is 11.6 Å². The van der Waals surface area contributed by atoms with E-state index in [2.05, 4.69) is 0 Å². The van der Waals surface area contributed by atoms with E-state index in [1.54, 1.807) is 5.32 Å². The molecule has 1 N–H and O–H groups in total. The fourth-order valence-corrected chi connectivity index (χ4v) is 2.23. The van der Waals surface area contributed by atoms with Crippen molar-refractivity contribution in [2.45, 2.75) is 5.25 Å². The summed E-state index contributed by atoms with van der Waals surface area (Å²) in [7, 11) is -5.83. The summed E-state index contributed by atoms with van der Waals surface area (Å²) >= 11 is 7.66. The first-order valence-electron chi connectivity index (χ1n) is 4.61. The summed E-state index contributed by atoms with van der Waals surface area (Å²) in [6.45, 7) is -1.61. The van der Waals surface area contributed by atoms with Crippen LogP contribution in [0.2, 0.25) is 5.02 Å². The molecule has 1 amide bonds. The summed E-state index contributed by atoms with van der Waals surface area (Å²) in [5, 5.41) is -2.89. The lowest BCUT2D eigenvalue weighted by Crippen LogP contribution is -2.42. The molecule has 0 saturated heterocycles. The molecule has 0 unspecified atom stereocenters. The lowest BCUT2D eigenvalue weighted by Gasteiger charge is -2.20. The van der Waals surface area contributed by atoms with E-state index in [1.165, 1.54) is 18.2 Å². The zero-order valence-electron chi connectivity index (χ0n) is 8.99. The van der Waals surface area contributed by atoms with Crippen LogP contribution in [0.3, 0.4) is 0 Å². The van der Waals surface area contributed by atoms with Crippen LogP contribution < -0.4 is 5.32 Å². The van der Waals surface area contributed by atoms with Gasteiger partial charge in [-0.2, -0.15) is 8.78 Å². The van der Waals surface area contributed by atoms with Gasteiger partial charge in [-0.3, -0.25) is 4.79 Å². The molecule has 5 nitrogen and oxygen atoms in total. The molecule has 0 spiro atoms. The van der Waals surface area contributed by atoms with E-state index in [1.807, 2.05) is 22.6 Å². The molecule has 0 aliphatic heterocycles. The van der Waals surface area contributed by atoms with Gasteiger partial charge in [0.05, 0.1) is 17.1 Å². The van der Waals surface area contributed by atoms with Gasteiger partial charge in [0.25, 0.3) is 5.91 Å². The Labute approximate surface area is 126 Å². The van der Waals surface area contributed by atoms with E-state index in [4.69, 9.17) is 11.6 Å². The third-order valence-corrected chi connectivity index (χ3v) is 3.86. The Morgan fingerprint density at radius 2 is 2.05 bits per heavy atom. The highest BCUT2D eigenvalue weighted by atomic mass is 127. The number of benzene rings is 1. The number of hydrogen-bond acceptors (Lipinski definition) is 4. The maximum Gasteiger partial charge on any atom is 0.351 e. The molecule has 106 valence electrons. The van der Waals surface area contributed by atoms with Crippen LogP contribution >= 0.6 is 34.2 Å². The number of carbonyl (C=O) groups is 1. The van der Waals surface area contributed by atoms with Crippen molar-refractivity contribution in [2.24, 2.45) is 0 Å². The molecule has 0 saturated carbocycles. The highest BCUT2D eigenvalue weighted by Crippen LogP contribution is 2.21. The molecule has 1 aromatic carbocycles. The minimum absolute atomic E-state index is 0.0256. The van der Waals surface area contributed by atoms with Gasteiger partial charge in [-0.25, -0.2) is 8.42 Å². The van der Waals surface area contributed by atoms with Crippen molar-refractivity contribution in [3.63, 3.8) is 0 Å². The summed E-state index contributed by atoms with van der Waals surface area (Å²) in [5.41, 5.74) is -0.0961. The molecular weight excluding hydrogens is 419 g/mol. The van der Waals surface area contributed by atoms with Crippen molar-refractivity contribution >= 4 is 50.2 Å². The highest BCUT2D eigenvalue weighted by Gasteiger charge is 2.37. The lowest BCUT2D eigenvalue weighted by molar-refractivity contribution is 0.0692. The molecule has 0 bridgehead atoms. The van der Waals surface area contributed by atoms with Crippen molar-refractivity contribution < 1.29 is 26.5 Å². The fraction of sp³-hybridized carbons (Fsp3) is 0.222. The second-order valence-corrected chi connectivity index (χ2v) is 6.56. The Morgan fingerprint density at radius 1 is 1.47 bits per heavy atom. The summed E-state index contributed by atoms with van der Waals surface area (Å²) in [5.74, 6) is -0.996. The van der Waals surface area contributed by atoms with E-state index in [0.29, 0.717) is 0 Å². The van der Waals surface area contributed by atoms with E-state index in [-0.39, 0.29) is 10.6 Å². The van der Waals surface area contributed by atoms with Crippen LogP contribution in [0.4, 0.5) is 8.78 Å². The van der Waals surface area contributed by atoms with Gasteiger partial charge in [0.1, 0.15) is 0 Å². The quantitative estimate of drug-likeness (QED) is 0.590. The number of alkyl halides is 2. The topological polar surface area (TPSA) is 86.3 Å². The zero-order valence-corrected chi connectivity index (χ0v) is 12.7. The van der Waals surface area contributed by atoms with E-state index in [9.17, 15) is 26.5 Å². The normalized spacial score (nSPS) is 12.3. The minimum Gasteiger partial charge on any atom is -0.743 e. The summed E-state index contributed by atoms with van der Waals surface area (Å²) in [4.78, 5) is 11.5. The Hall–Kier alpha value is -0.520. The van der Waals surface area contributed by atoms with E-state index in [0.717, 1.165) is 3.57 Å². The fourth-order valence-electron chi connectivity index (χ4n) is 1.04. The standard InChI is InChI=1S/C9H7ClF2INO4S/c10-7-3-5(13)1-2-6(7)8(15)14-4-9(11,12)19(16,17)18/h1-3H,4H2,(H,14,15)(H,16,17,18)/p-1. The van der Waals surface area contributed by atoms with Crippen LogP contribution in [0.5, 0.6) is 0 Å². The van der Waals surface area contributed by atoms with Crippen LogP contribution in [0, 0.1) is 3.57 Å². The van der Waals surface area contributed by atoms with Crippen molar-refractivity contribution in [2.75, 3.05) is 6.54 Å². The van der Waals surface area contributed by atoms with E-state index < -0.39 is 27.8 Å². The van der Waals surface area contributed by atoms with E-state index >= 15 is 0 Å². The van der Waals surface area contributed by atoms with Gasteiger partial charge in [-0.05, 0) is 40.8 Å². The Morgan fingerprint density at radius 3 is 2.53 bits per heavy atom. The van der Waals surface area contributed by atoms with Crippen molar-refractivity contribution in [3.8, 4) is 0 Å². The molecule has 0 heterocycles. The molecule has 0 atom stereocenters. The molecule has 0 radical (unpaired) electrons. The SMILES string of the molecule is O=C(NCC(F)(F)S(=O)(=O)[O-])c1ccc(I)cc1Cl. The molecule has 0 fully saturated rings. The second kappa shape index (κ2) is 5.85. The van der Waals surface area contributed by atoms with Crippen LogP contribution in [0.1, 0.15) is 10.4 Å². The summed E-state index contributed by atoms with van der Waals surface area (Å²) in [6, 6.07) is 4.24. The summed E-state index contributed by atoms with van der Waals surface area (Å²) in [6.07, 6.45) is 0. The second-order valence-electron chi connectivity index (χ2n) is 3.40. The van der Waals surface area contributed by atoms with Crippen LogP contribution in [0.25, 0.3) is 0 Å². The minimum atomic E-state index is -5.83. The van der Waals surface area contributed by atoms with Gasteiger partial charge in [0, 0.05) is 3.57 Å². The molecule has 1 aromatic rings. The van der Waals surface area contributed by atoms with Gasteiger partial charge < -0.3 is 9.87 Å². The maximum absolute atomic E-state index is 12.8. The van der Waals surface area contributed by atoms with Gasteiger partial charge in [0.2, 0.25) is 0 Å². The maximum atomic E-state index is 12.8. The van der Waals surface area contributed by atoms with Crippen molar-refractivity contribution in [3.05, 3.63) is 32.4 Å². The Kier molecular flexibility index (Phi) is 5.09. The molecule has 19 heavy (non-hydrogen) atoms. The number of rotatable bonds is 4. The number of nitrogens with one attached hydrogen (secondary N) is 1. The van der Waals surface area contributed by atoms with Crippen LogP contribution in [-0.2, 0) is 10.1 Å². The molecule has 0 aliphatic carbocycles. The highest BCUT2D eigenvalue weighted by molar-refractivity contribution is 14.1. The molecule has 0 aliphatic rings. The number of hydrogen-bond donors (Lipinski definition) is 1. The summed E-state index contributed by atoms with van der Waals surface area (Å²) < 4.78 is 57.1. The third-order valence-electron chi connectivity index (χ3n) is 2.00. The number of amides is 1. The molecule has 1 rings (SSSR count). The first kappa shape index (κ1) is 16.5. The predicted molar refractivity (Wildman–Crippen MR) is 71.1 cm³/mol. The molecule has 10 heteroatoms. The molecule has 0 aromatic heterocycles. The number of carbonyl (C=O) groups excluding carboxylic acids is 1. The smallest absolute Gasteiger partial charge is 0.351 e. The average molecular weight is 425 g/mol. The monoisotopic (exact) mass is 424 g/mol. The predicted octanol–water partition coefficient (Wildman–Crippen LogP) is 1.81. The van der Waals surface area contributed by atoms with Gasteiger partial charge >= 0.3 is 5.25 Å². The van der Waals surface area contributed by atoms with Crippen molar-refractivity contribution in [1.29, 1.82) is 0 Å². The first-order chi connectivity index (χ1) is 8.54. The van der Waals surface area contributed by atoms with Gasteiger partial charge in [0.15, 0.2) is 10.1 Å². The number of halogens is 4. The third kappa shape index (κ3) is 4.23.